The highest BCUT2D eigenvalue weighted by atomic mass is 16.4. The summed E-state index contributed by atoms with van der Waals surface area (Å²) in [5.74, 6) is -0.445. The van der Waals surface area contributed by atoms with Crippen LogP contribution in [0.25, 0.3) is 0 Å². The first-order valence-corrected chi connectivity index (χ1v) is 4.61. The molecule has 0 spiro atoms. The lowest BCUT2D eigenvalue weighted by Crippen LogP contribution is -2.18. The molecule has 0 aromatic heterocycles. The van der Waals surface area contributed by atoms with Crippen molar-refractivity contribution in [3.63, 3.8) is 0 Å². The van der Waals surface area contributed by atoms with Crippen LogP contribution in [0, 0.1) is 17.8 Å². The van der Waals surface area contributed by atoms with Crippen molar-refractivity contribution in [2.45, 2.75) is 31.8 Å². The van der Waals surface area contributed by atoms with Gasteiger partial charge < -0.3 is 10.2 Å². The Morgan fingerprint density at radius 3 is 2.58 bits per heavy atom. The number of carbonyl (C=O) groups is 1. The normalized spacial score (nSPS) is 46.1. The highest BCUT2D eigenvalue weighted by molar-refractivity contribution is 5.71. The number of aliphatic carboxylic acids is 1. The molecule has 0 radical (unpaired) electrons. The smallest absolute Gasteiger partial charge is 0.306 e. The number of fused-ring (bicyclic) bond motifs is 1. The van der Waals surface area contributed by atoms with Crippen LogP contribution >= 0.6 is 0 Å². The number of rotatable bonds is 1. The SMILES string of the molecule is O=C(O)C1CC(O)C2CCCC12. The lowest BCUT2D eigenvalue weighted by molar-refractivity contribution is -0.143. The minimum atomic E-state index is -0.719. The maximum Gasteiger partial charge on any atom is 0.306 e. The van der Waals surface area contributed by atoms with Crippen LogP contribution in [-0.2, 0) is 4.79 Å². The molecule has 0 aromatic rings. The van der Waals surface area contributed by atoms with Gasteiger partial charge in [-0.1, -0.05) is 6.42 Å². The fraction of sp³-hybridized carbons (Fsp3) is 0.889. The van der Waals surface area contributed by atoms with Gasteiger partial charge >= 0.3 is 5.97 Å². The molecule has 3 heteroatoms. The summed E-state index contributed by atoms with van der Waals surface area (Å²) in [6.07, 6.45) is 3.24. The lowest BCUT2D eigenvalue weighted by atomic mass is 9.92. The molecule has 0 aromatic carbocycles. The van der Waals surface area contributed by atoms with E-state index in [1.54, 1.807) is 0 Å². The summed E-state index contributed by atoms with van der Waals surface area (Å²) < 4.78 is 0. The molecule has 2 aliphatic rings. The van der Waals surface area contributed by atoms with Crippen LogP contribution in [-0.4, -0.2) is 22.3 Å². The average molecular weight is 170 g/mol. The van der Waals surface area contributed by atoms with Crippen molar-refractivity contribution in [3.8, 4) is 0 Å². The topological polar surface area (TPSA) is 57.5 Å². The fourth-order valence-electron chi connectivity index (χ4n) is 2.89. The predicted molar refractivity (Wildman–Crippen MR) is 42.6 cm³/mol. The molecule has 0 saturated heterocycles. The van der Waals surface area contributed by atoms with E-state index in [1.165, 1.54) is 0 Å². The zero-order valence-electron chi connectivity index (χ0n) is 6.94. The zero-order valence-corrected chi connectivity index (χ0v) is 6.94. The Balaban J connectivity index is 2.14. The highest BCUT2D eigenvalue weighted by Gasteiger charge is 2.47. The van der Waals surface area contributed by atoms with Crippen LogP contribution in [0.3, 0.4) is 0 Å². The molecule has 4 unspecified atom stereocenters. The Bertz CT molecular complexity index is 202. The quantitative estimate of drug-likeness (QED) is 0.614. The first-order valence-electron chi connectivity index (χ1n) is 4.61. The van der Waals surface area contributed by atoms with Gasteiger partial charge in [0.2, 0.25) is 0 Å². The van der Waals surface area contributed by atoms with Gasteiger partial charge in [-0.05, 0) is 31.1 Å². The molecule has 4 atom stereocenters. The third-order valence-corrected chi connectivity index (χ3v) is 3.45. The first kappa shape index (κ1) is 8.05. The molecule has 2 aliphatic carbocycles. The summed E-state index contributed by atoms with van der Waals surface area (Å²) in [5, 5.41) is 18.4. The Morgan fingerprint density at radius 1 is 1.25 bits per heavy atom. The second-order valence-corrected chi connectivity index (χ2v) is 4.01. The van der Waals surface area contributed by atoms with Gasteiger partial charge in [-0.15, -0.1) is 0 Å². The van der Waals surface area contributed by atoms with E-state index in [9.17, 15) is 9.90 Å². The van der Waals surface area contributed by atoms with E-state index in [0.29, 0.717) is 6.42 Å². The first-order chi connectivity index (χ1) is 5.70. The van der Waals surface area contributed by atoms with E-state index in [1.807, 2.05) is 0 Å². The molecule has 0 aliphatic heterocycles. The Morgan fingerprint density at radius 2 is 1.92 bits per heavy atom. The van der Waals surface area contributed by atoms with Crippen molar-refractivity contribution >= 4 is 5.97 Å². The fourth-order valence-corrected chi connectivity index (χ4v) is 2.89. The summed E-state index contributed by atoms with van der Waals surface area (Å²) in [5.41, 5.74) is 0. The van der Waals surface area contributed by atoms with Crippen LogP contribution in [0.5, 0.6) is 0 Å². The van der Waals surface area contributed by atoms with E-state index < -0.39 is 5.97 Å². The molecular formula is C9H14O3. The minimum absolute atomic E-state index is 0.262. The molecule has 2 N–H and O–H groups in total. The van der Waals surface area contributed by atoms with Crippen LogP contribution in [0.2, 0.25) is 0 Å². The molecular weight excluding hydrogens is 156 g/mol. The molecule has 2 saturated carbocycles. The van der Waals surface area contributed by atoms with E-state index in [-0.39, 0.29) is 23.9 Å². The molecule has 68 valence electrons. The van der Waals surface area contributed by atoms with Gasteiger partial charge in [0.05, 0.1) is 12.0 Å². The van der Waals surface area contributed by atoms with E-state index >= 15 is 0 Å². The second kappa shape index (κ2) is 2.73. The van der Waals surface area contributed by atoms with Crippen LogP contribution in [0.4, 0.5) is 0 Å². The van der Waals surface area contributed by atoms with Crippen molar-refractivity contribution in [1.82, 2.24) is 0 Å². The Labute approximate surface area is 71.4 Å². The van der Waals surface area contributed by atoms with E-state index in [4.69, 9.17) is 5.11 Å². The molecule has 0 amide bonds. The van der Waals surface area contributed by atoms with Crippen LogP contribution < -0.4 is 0 Å². The van der Waals surface area contributed by atoms with Gasteiger partial charge in [0, 0.05) is 0 Å². The largest absolute Gasteiger partial charge is 0.481 e. The maximum atomic E-state index is 10.8. The number of carboxylic acid groups (broad SMARTS) is 1. The number of aliphatic hydroxyl groups excluding tert-OH is 1. The average Bonchev–Trinajstić information content (AvgIpc) is 2.53. The van der Waals surface area contributed by atoms with Gasteiger partial charge in [0.1, 0.15) is 0 Å². The molecule has 0 heterocycles. The van der Waals surface area contributed by atoms with Gasteiger partial charge in [-0.3, -0.25) is 4.79 Å². The summed E-state index contributed by atoms with van der Waals surface area (Å²) >= 11 is 0. The number of carboxylic acids is 1. The van der Waals surface area contributed by atoms with Crippen molar-refractivity contribution in [1.29, 1.82) is 0 Å². The number of hydrogen-bond donors (Lipinski definition) is 2. The van der Waals surface area contributed by atoms with Crippen molar-refractivity contribution in [2.24, 2.45) is 17.8 Å². The van der Waals surface area contributed by atoms with E-state index in [2.05, 4.69) is 0 Å². The monoisotopic (exact) mass is 170 g/mol. The number of hydrogen-bond acceptors (Lipinski definition) is 2. The molecule has 2 fully saturated rings. The van der Waals surface area contributed by atoms with Gasteiger partial charge in [0.15, 0.2) is 0 Å². The molecule has 0 bridgehead atoms. The zero-order chi connectivity index (χ0) is 8.72. The standard InChI is InChI=1S/C9H14O3/c10-8-4-7(9(11)12)5-2-1-3-6(5)8/h5-8,10H,1-4H2,(H,11,12). The molecule has 3 nitrogen and oxygen atoms in total. The number of aliphatic hydroxyl groups is 1. The third kappa shape index (κ3) is 1.04. The predicted octanol–water partition coefficient (Wildman–Crippen LogP) is 0.868. The maximum absolute atomic E-state index is 10.8. The molecule has 12 heavy (non-hydrogen) atoms. The van der Waals surface area contributed by atoms with Crippen LogP contribution in [0.15, 0.2) is 0 Å². The van der Waals surface area contributed by atoms with Gasteiger partial charge in [0.25, 0.3) is 0 Å². The van der Waals surface area contributed by atoms with Crippen molar-refractivity contribution < 1.29 is 15.0 Å². The van der Waals surface area contributed by atoms with Gasteiger partial charge in [-0.25, -0.2) is 0 Å². The van der Waals surface area contributed by atoms with Crippen molar-refractivity contribution in [2.75, 3.05) is 0 Å². The van der Waals surface area contributed by atoms with Gasteiger partial charge in [-0.2, -0.15) is 0 Å². The third-order valence-electron chi connectivity index (χ3n) is 3.45. The second-order valence-electron chi connectivity index (χ2n) is 4.01. The summed E-state index contributed by atoms with van der Waals surface area (Å²) in [6.45, 7) is 0. The summed E-state index contributed by atoms with van der Waals surface area (Å²) in [6, 6.07) is 0. The molecule has 2 rings (SSSR count). The van der Waals surface area contributed by atoms with Crippen molar-refractivity contribution in [3.05, 3.63) is 0 Å². The van der Waals surface area contributed by atoms with E-state index in [0.717, 1.165) is 19.3 Å². The summed E-state index contributed by atoms with van der Waals surface area (Å²) in [7, 11) is 0. The minimum Gasteiger partial charge on any atom is -0.481 e. The Hall–Kier alpha value is -0.570. The van der Waals surface area contributed by atoms with Crippen LogP contribution in [0.1, 0.15) is 25.7 Å². The Kier molecular flexibility index (Phi) is 1.83. The highest BCUT2D eigenvalue weighted by Crippen LogP contribution is 2.47. The summed E-state index contributed by atoms with van der Waals surface area (Å²) in [4.78, 5) is 10.8. The lowest BCUT2D eigenvalue weighted by Gasteiger charge is -2.13.